The van der Waals surface area contributed by atoms with E-state index in [1.165, 1.54) is 24.3 Å². The number of halogens is 1. The van der Waals surface area contributed by atoms with E-state index in [0.717, 1.165) is 0 Å². The van der Waals surface area contributed by atoms with Crippen LogP contribution in [-0.4, -0.2) is 17.7 Å². The van der Waals surface area contributed by atoms with Gasteiger partial charge in [0.25, 0.3) is 5.69 Å². The van der Waals surface area contributed by atoms with Crippen LogP contribution in [0.3, 0.4) is 0 Å². The maximum Gasteiger partial charge on any atom is 0.513 e. The van der Waals surface area contributed by atoms with Crippen molar-refractivity contribution in [1.82, 2.24) is 0 Å². The second-order valence-electron chi connectivity index (χ2n) is 2.95. The molecule has 0 aromatic heterocycles. The Morgan fingerprint density at radius 1 is 1.35 bits per heavy atom. The molecule has 0 saturated heterocycles. The summed E-state index contributed by atoms with van der Waals surface area (Å²) in [7, 11) is 0. The predicted molar refractivity (Wildman–Crippen MR) is 62.6 cm³/mol. The number of ether oxygens (including phenoxy) is 2. The van der Waals surface area contributed by atoms with Crippen molar-refractivity contribution in [2.75, 3.05) is 6.61 Å². The van der Waals surface area contributed by atoms with Crippen molar-refractivity contribution < 1.29 is 19.2 Å². The Morgan fingerprint density at radius 2 is 1.94 bits per heavy atom. The van der Waals surface area contributed by atoms with Crippen LogP contribution in [0.2, 0.25) is 0 Å². The van der Waals surface area contributed by atoms with Crippen LogP contribution in [-0.2, 0) is 4.74 Å². The second kappa shape index (κ2) is 7.45. The van der Waals surface area contributed by atoms with Crippen LogP contribution in [0.1, 0.15) is 13.3 Å². The van der Waals surface area contributed by atoms with Crippen LogP contribution in [0.25, 0.3) is 0 Å². The van der Waals surface area contributed by atoms with Gasteiger partial charge in [-0.3, -0.25) is 10.1 Å². The summed E-state index contributed by atoms with van der Waals surface area (Å²) in [6.07, 6.45) is -0.106. The van der Waals surface area contributed by atoms with Crippen molar-refractivity contribution in [3.05, 3.63) is 34.4 Å². The van der Waals surface area contributed by atoms with Crippen molar-refractivity contribution >= 4 is 24.2 Å². The quantitative estimate of drug-likeness (QED) is 0.360. The molecule has 6 nitrogen and oxygen atoms in total. The van der Waals surface area contributed by atoms with Gasteiger partial charge in [0.05, 0.1) is 11.5 Å². The molecule has 0 aliphatic rings. The zero-order chi connectivity index (χ0) is 12.0. The van der Waals surface area contributed by atoms with Gasteiger partial charge in [0.1, 0.15) is 5.75 Å². The van der Waals surface area contributed by atoms with Gasteiger partial charge >= 0.3 is 6.16 Å². The molecular formula is C10H12ClNO5. The normalized spacial score (nSPS) is 9.00. The minimum absolute atomic E-state index is 0. The van der Waals surface area contributed by atoms with Crippen molar-refractivity contribution in [3.63, 3.8) is 0 Å². The molecule has 0 atom stereocenters. The molecule has 1 rings (SSSR count). The number of non-ortho nitro benzene ring substituents is 1. The number of benzene rings is 1. The Hall–Kier alpha value is -1.82. The van der Waals surface area contributed by atoms with E-state index < -0.39 is 11.1 Å². The van der Waals surface area contributed by atoms with Crippen molar-refractivity contribution in [3.8, 4) is 5.75 Å². The molecule has 1 aromatic rings. The van der Waals surface area contributed by atoms with Gasteiger partial charge in [0.15, 0.2) is 0 Å². The van der Waals surface area contributed by atoms with Gasteiger partial charge in [-0.15, -0.1) is 12.4 Å². The summed E-state index contributed by atoms with van der Waals surface area (Å²) in [5.74, 6) is 0.215. The fraction of sp³-hybridized carbons (Fsp3) is 0.300. The number of hydrogen-bond donors (Lipinski definition) is 0. The number of carbonyl (C=O) groups is 1. The van der Waals surface area contributed by atoms with Gasteiger partial charge in [-0.25, -0.2) is 4.79 Å². The first-order valence-corrected chi connectivity index (χ1v) is 4.72. The van der Waals surface area contributed by atoms with Crippen molar-refractivity contribution in [2.24, 2.45) is 0 Å². The summed E-state index contributed by atoms with van der Waals surface area (Å²) in [6.45, 7) is 2.14. The third-order valence-electron chi connectivity index (χ3n) is 1.67. The number of carbonyl (C=O) groups excluding carboxylic acids is 1. The summed E-state index contributed by atoms with van der Waals surface area (Å²) in [6, 6.07) is 5.18. The number of nitrogens with zero attached hydrogens (tertiary/aromatic N) is 1. The molecule has 0 saturated carbocycles. The summed E-state index contributed by atoms with van der Waals surface area (Å²) in [5, 5.41) is 10.3. The molecular weight excluding hydrogens is 250 g/mol. The first-order chi connectivity index (χ1) is 7.63. The lowest BCUT2D eigenvalue weighted by atomic mass is 10.3. The molecule has 0 radical (unpaired) electrons. The molecule has 0 N–H and O–H groups in total. The summed E-state index contributed by atoms with van der Waals surface area (Å²) in [4.78, 5) is 20.8. The molecule has 17 heavy (non-hydrogen) atoms. The Kier molecular flexibility index (Phi) is 6.65. The third kappa shape index (κ3) is 5.17. The van der Waals surface area contributed by atoms with Gasteiger partial charge < -0.3 is 9.47 Å². The van der Waals surface area contributed by atoms with E-state index in [0.29, 0.717) is 6.42 Å². The Labute approximate surface area is 104 Å². The van der Waals surface area contributed by atoms with E-state index in [4.69, 9.17) is 4.74 Å². The first-order valence-electron chi connectivity index (χ1n) is 4.72. The Bertz CT molecular complexity index is 379. The average molecular weight is 262 g/mol. The summed E-state index contributed by atoms with van der Waals surface area (Å²) < 4.78 is 9.45. The fourth-order valence-corrected chi connectivity index (χ4v) is 0.947. The number of nitro benzene ring substituents is 1. The lowest BCUT2D eigenvalue weighted by molar-refractivity contribution is -0.384. The molecule has 0 amide bonds. The highest BCUT2D eigenvalue weighted by Crippen LogP contribution is 2.17. The standard InChI is InChI=1S/C10H11NO5.ClH/c1-2-7-15-10(12)16-9-5-3-8(4-6-9)11(13)14;/h3-6H,2,7H2,1H3;1H. The minimum Gasteiger partial charge on any atom is -0.434 e. The smallest absolute Gasteiger partial charge is 0.434 e. The summed E-state index contributed by atoms with van der Waals surface area (Å²) in [5.41, 5.74) is -0.0609. The zero-order valence-electron chi connectivity index (χ0n) is 9.12. The van der Waals surface area contributed by atoms with Crippen LogP contribution in [0.5, 0.6) is 5.75 Å². The van der Waals surface area contributed by atoms with E-state index in [1.54, 1.807) is 0 Å². The zero-order valence-corrected chi connectivity index (χ0v) is 9.94. The van der Waals surface area contributed by atoms with Gasteiger partial charge in [-0.05, 0) is 18.6 Å². The lowest BCUT2D eigenvalue weighted by Gasteiger charge is -2.03. The fourth-order valence-electron chi connectivity index (χ4n) is 0.947. The predicted octanol–water partition coefficient (Wildman–Crippen LogP) is 2.94. The largest absolute Gasteiger partial charge is 0.513 e. The highest BCUT2D eigenvalue weighted by atomic mass is 35.5. The third-order valence-corrected chi connectivity index (χ3v) is 1.67. The molecule has 94 valence electrons. The lowest BCUT2D eigenvalue weighted by Crippen LogP contribution is -2.10. The molecule has 0 unspecified atom stereocenters. The van der Waals surface area contributed by atoms with Crippen LogP contribution in [0.4, 0.5) is 10.5 Å². The molecule has 1 aromatic carbocycles. The highest BCUT2D eigenvalue weighted by Gasteiger charge is 2.08. The second-order valence-corrected chi connectivity index (χ2v) is 2.95. The monoisotopic (exact) mass is 261 g/mol. The molecule has 0 aliphatic carbocycles. The first kappa shape index (κ1) is 15.2. The van der Waals surface area contributed by atoms with Crippen LogP contribution in [0.15, 0.2) is 24.3 Å². The number of hydrogen-bond acceptors (Lipinski definition) is 5. The van der Waals surface area contributed by atoms with E-state index in [2.05, 4.69) is 4.74 Å². The highest BCUT2D eigenvalue weighted by molar-refractivity contribution is 5.85. The molecule has 0 spiro atoms. The van der Waals surface area contributed by atoms with Crippen LogP contribution < -0.4 is 4.74 Å². The van der Waals surface area contributed by atoms with E-state index in [-0.39, 0.29) is 30.5 Å². The Balaban J connectivity index is 0.00000256. The van der Waals surface area contributed by atoms with Crippen molar-refractivity contribution in [2.45, 2.75) is 13.3 Å². The maximum atomic E-state index is 11.0. The van der Waals surface area contributed by atoms with E-state index in [1.807, 2.05) is 6.92 Å². The number of nitro groups is 1. The van der Waals surface area contributed by atoms with Crippen LogP contribution >= 0.6 is 12.4 Å². The Morgan fingerprint density at radius 3 is 2.41 bits per heavy atom. The number of rotatable bonds is 4. The topological polar surface area (TPSA) is 78.7 Å². The van der Waals surface area contributed by atoms with Gasteiger partial charge in [-0.1, -0.05) is 6.92 Å². The molecule has 0 bridgehead atoms. The summed E-state index contributed by atoms with van der Waals surface area (Å²) >= 11 is 0. The average Bonchev–Trinajstić information content (AvgIpc) is 2.27. The molecule has 0 aliphatic heterocycles. The SMILES string of the molecule is CCCOC(=O)Oc1ccc([N+](=O)[O-])cc1.Cl. The molecule has 7 heteroatoms. The molecule has 0 heterocycles. The van der Waals surface area contributed by atoms with Crippen molar-refractivity contribution in [1.29, 1.82) is 0 Å². The molecule has 0 fully saturated rings. The van der Waals surface area contributed by atoms with Gasteiger partial charge in [0, 0.05) is 12.1 Å². The van der Waals surface area contributed by atoms with Gasteiger partial charge in [-0.2, -0.15) is 0 Å². The van der Waals surface area contributed by atoms with Gasteiger partial charge in [0.2, 0.25) is 0 Å². The van der Waals surface area contributed by atoms with Crippen LogP contribution in [0, 0.1) is 10.1 Å². The minimum atomic E-state index is -0.810. The maximum absolute atomic E-state index is 11.0. The van der Waals surface area contributed by atoms with E-state index >= 15 is 0 Å². The van der Waals surface area contributed by atoms with E-state index in [9.17, 15) is 14.9 Å².